The van der Waals surface area contributed by atoms with Crippen LogP contribution < -0.4 is 0 Å². The van der Waals surface area contributed by atoms with Gasteiger partial charge >= 0.3 is 0 Å². The molecule has 0 N–H and O–H groups in total. The minimum atomic E-state index is 0.226. The summed E-state index contributed by atoms with van der Waals surface area (Å²) in [6, 6.07) is 0.571. The van der Waals surface area contributed by atoms with E-state index in [-0.39, 0.29) is 5.41 Å². The number of allylic oxidation sites excluding steroid dienone is 1. The highest BCUT2D eigenvalue weighted by Crippen LogP contribution is 2.46. The van der Waals surface area contributed by atoms with E-state index >= 15 is 0 Å². The molecule has 0 aromatic rings. The number of ether oxygens (including phenoxy) is 1. The first-order valence-electron chi connectivity index (χ1n) is 9.43. The summed E-state index contributed by atoms with van der Waals surface area (Å²) >= 11 is 0. The molecule has 2 nitrogen and oxygen atoms in total. The topological polar surface area (TPSA) is 12.5 Å². The van der Waals surface area contributed by atoms with Crippen molar-refractivity contribution in [1.29, 1.82) is 0 Å². The van der Waals surface area contributed by atoms with E-state index in [4.69, 9.17) is 4.74 Å². The Morgan fingerprint density at radius 2 is 1.91 bits per heavy atom. The van der Waals surface area contributed by atoms with Crippen molar-refractivity contribution < 1.29 is 4.74 Å². The zero-order valence-corrected chi connectivity index (χ0v) is 15.5. The van der Waals surface area contributed by atoms with Gasteiger partial charge in [-0.25, -0.2) is 0 Å². The maximum atomic E-state index is 6.34. The molecule has 0 aromatic heterocycles. The molecule has 0 aromatic carbocycles. The van der Waals surface area contributed by atoms with Crippen molar-refractivity contribution in [2.24, 2.45) is 10.8 Å². The van der Waals surface area contributed by atoms with E-state index in [0.29, 0.717) is 17.7 Å². The standard InChI is InChI=1S/C20H37NO/c1-6-7-10-16-22-17-12-8-9-15-21(17)18-19(2,3)13-11-14-20(18,4)5/h11,13,17-18H,6-10,12,14-16H2,1-5H3. The Balaban J connectivity index is 2.09. The maximum absolute atomic E-state index is 6.34. The summed E-state index contributed by atoms with van der Waals surface area (Å²) in [5, 5.41) is 0. The zero-order valence-electron chi connectivity index (χ0n) is 15.5. The van der Waals surface area contributed by atoms with Crippen LogP contribution in [0.25, 0.3) is 0 Å². The van der Waals surface area contributed by atoms with Crippen LogP contribution in [0.4, 0.5) is 0 Å². The van der Waals surface area contributed by atoms with Crippen LogP contribution in [0.15, 0.2) is 12.2 Å². The van der Waals surface area contributed by atoms with Crippen molar-refractivity contribution in [2.45, 2.75) is 91.8 Å². The van der Waals surface area contributed by atoms with Crippen LogP contribution in [0.5, 0.6) is 0 Å². The SMILES string of the molecule is CCCCCOC1CCCCN1C1C(C)(C)C=CCC1(C)C. The van der Waals surface area contributed by atoms with Gasteiger partial charge in [-0.1, -0.05) is 59.6 Å². The predicted octanol–water partition coefficient (Wildman–Crippen LogP) is 5.39. The lowest BCUT2D eigenvalue weighted by atomic mass is 9.63. The van der Waals surface area contributed by atoms with Crippen LogP contribution in [0.1, 0.15) is 79.6 Å². The largest absolute Gasteiger partial charge is 0.363 e. The molecule has 0 saturated carbocycles. The van der Waals surface area contributed by atoms with Crippen LogP contribution in [0, 0.1) is 10.8 Å². The van der Waals surface area contributed by atoms with Crippen molar-refractivity contribution in [3.8, 4) is 0 Å². The molecule has 2 unspecified atom stereocenters. The molecular formula is C20H37NO. The van der Waals surface area contributed by atoms with Gasteiger partial charge in [0.15, 0.2) is 0 Å². The van der Waals surface area contributed by atoms with Crippen LogP contribution in [-0.2, 0) is 4.74 Å². The summed E-state index contributed by atoms with van der Waals surface area (Å²) in [4.78, 5) is 2.71. The second-order valence-electron chi connectivity index (χ2n) is 8.59. The molecule has 1 aliphatic heterocycles. The second-order valence-corrected chi connectivity index (χ2v) is 8.59. The highest BCUT2D eigenvalue weighted by molar-refractivity contribution is 5.13. The molecule has 2 rings (SSSR count). The molecule has 128 valence electrons. The molecule has 2 aliphatic rings. The Morgan fingerprint density at radius 3 is 2.59 bits per heavy atom. The minimum Gasteiger partial charge on any atom is -0.363 e. The summed E-state index contributed by atoms with van der Waals surface area (Å²) in [7, 11) is 0. The van der Waals surface area contributed by atoms with E-state index in [0.717, 1.165) is 6.61 Å². The van der Waals surface area contributed by atoms with Crippen molar-refractivity contribution in [2.75, 3.05) is 13.2 Å². The fourth-order valence-corrected chi connectivity index (χ4v) is 4.72. The fourth-order valence-electron chi connectivity index (χ4n) is 4.72. The smallest absolute Gasteiger partial charge is 0.110 e. The first kappa shape index (κ1) is 18.0. The lowest BCUT2D eigenvalue weighted by Gasteiger charge is -2.54. The number of hydrogen-bond acceptors (Lipinski definition) is 2. The van der Waals surface area contributed by atoms with Gasteiger partial charge in [0.25, 0.3) is 0 Å². The average Bonchev–Trinajstić information content (AvgIpc) is 2.43. The molecule has 0 radical (unpaired) electrons. The summed E-state index contributed by atoms with van der Waals surface area (Å²) in [6.07, 6.45) is 13.9. The third-order valence-corrected chi connectivity index (χ3v) is 5.51. The van der Waals surface area contributed by atoms with Crippen molar-refractivity contribution >= 4 is 0 Å². The molecular weight excluding hydrogens is 270 g/mol. The van der Waals surface area contributed by atoms with Crippen LogP contribution in [-0.4, -0.2) is 30.3 Å². The van der Waals surface area contributed by atoms with Gasteiger partial charge in [0, 0.05) is 19.2 Å². The summed E-state index contributed by atoms with van der Waals surface area (Å²) in [5.74, 6) is 0. The average molecular weight is 308 g/mol. The second kappa shape index (κ2) is 7.49. The Morgan fingerprint density at radius 1 is 1.14 bits per heavy atom. The lowest BCUT2D eigenvalue weighted by Crippen LogP contribution is -2.59. The highest BCUT2D eigenvalue weighted by atomic mass is 16.5. The lowest BCUT2D eigenvalue weighted by molar-refractivity contribution is -0.140. The normalized spacial score (nSPS) is 31.3. The number of rotatable bonds is 6. The van der Waals surface area contributed by atoms with Gasteiger partial charge in [0.05, 0.1) is 0 Å². The molecule has 1 fully saturated rings. The summed E-state index contributed by atoms with van der Waals surface area (Å²) < 4.78 is 6.34. The number of piperidine rings is 1. The van der Waals surface area contributed by atoms with Gasteiger partial charge < -0.3 is 4.74 Å². The van der Waals surface area contributed by atoms with Crippen molar-refractivity contribution in [3.05, 3.63) is 12.2 Å². The molecule has 1 saturated heterocycles. The van der Waals surface area contributed by atoms with Crippen molar-refractivity contribution in [3.63, 3.8) is 0 Å². The quantitative estimate of drug-likeness (QED) is 0.482. The first-order valence-corrected chi connectivity index (χ1v) is 9.43. The highest BCUT2D eigenvalue weighted by Gasteiger charge is 2.47. The van der Waals surface area contributed by atoms with E-state index in [1.165, 1.54) is 51.5 Å². The molecule has 0 bridgehead atoms. The molecule has 22 heavy (non-hydrogen) atoms. The molecule has 2 heteroatoms. The number of likely N-dealkylation sites (tertiary alicyclic amines) is 1. The summed E-state index contributed by atoms with van der Waals surface area (Å²) in [6.45, 7) is 14.1. The predicted molar refractivity (Wildman–Crippen MR) is 94.9 cm³/mol. The monoisotopic (exact) mass is 307 g/mol. The van der Waals surface area contributed by atoms with E-state index in [1.54, 1.807) is 0 Å². The van der Waals surface area contributed by atoms with Crippen LogP contribution in [0.3, 0.4) is 0 Å². The Kier molecular flexibility index (Phi) is 6.13. The van der Waals surface area contributed by atoms with Gasteiger partial charge in [-0.15, -0.1) is 0 Å². The molecule has 2 atom stereocenters. The minimum absolute atomic E-state index is 0.226. The third kappa shape index (κ3) is 4.14. The number of hydrogen-bond donors (Lipinski definition) is 0. The Hall–Kier alpha value is -0.340. The fraction of sp³-hybridized carbons (Fsp3) is 0.900. The molecule has 0 amide bonds. The molecule has 1 heterocycles. The maximum Gasteiger partial charge on any atom is 0.110 e. The van der Waals surface area contributed by atoms with E-state index in [2.05, 4.69) is 51.7 Å². The van der Waals surface area contributed by atoms with Gasteiger partial charge in [-0.3, -0.25) is 4.90 Å². The van der Waals surface area contributed by atoms with Gasteiger partial charge in [0.1, 0.15) is 6.23 Å². The zero-order chi connectivity index (χ0) is 16.2. The first-order chi connectivity index (χ1) is 10.4. The Labute approximate surface area is 138 Å². The molecule has 1 aliphatic carbocycles. The number of nitrogens with zero attached hydrogens (tertiary/aromatic N) is 1. The molecule has 0 spiro atoms. The van der Waals surface area contributed by atoms with Crippen molar-refractivity contribution in [1.82, 2.24) is 4.90 Å². The van der Waals surface area contributed by atoms with Gasteiger partial charge in [-0.05, 0) is 42.9 Å². The van der Waals surface area contributed by atoms with Gasteiger partial charge in [-0.2, -0.15) is 0 Å². The third-order valence-electron chi connectivity index (χ3n) is 5.51. The summed E-state index contributed by atoms with van der Waals surface area (Å²) in [5.41, 5.74) is 0.546. The van der Waals surface area contributed by atoms with E-state index < -0.39 is 0 Å². The number of unbranched alkanes of at least 4 members (excludes halogenated alkanes) is 2. The van der Waals surface area contributed by atoms with E-state index in [1.807, 2.05) is 0 Å². The van der Waals surface area contributed by atoms with E-state index in [9.17, 15) is 0 Å². The van der Waals surface area contributed by atoms with Gasteiger partial charge in [0.2, 0.25) is 0 Å². The van der Waals surface area contributed by atoms with Crippen LogP contribution in [0.2, 0.25) is 0 Å². The van der Waals surface area contributed by atoms with Crippen LogP contribution >= 0.6 is 0 Å². The Bertz CT molecular complexity index is 372.